The molecule has 0 radical (unpaired) electrons. The molecule has 1 atom stereocenters. The number of rotatable bonds is 8. The van der Waals surface area contributed by atoms with Crippen LogP contribution in [0.2, 0.25) is 0 Å². The van der Waals surface area contributed by atoms with Gasteiger partial charge in [-0.2, -0.15) is 4.98 Å². The van der Waals surface area contributed by atoms with Crippen LogP contribution in [0.15, 0.2) is 97.2 Å². The molecular formula is C28H23FN4O2. The summed E-state index contributed by atoms with van der Waals surface area (Å²) in [5, 5.41) is 10.2. The first-order chi connectivity index (χ1) is 17.2. The third-order valence-corrected chi connectivity index (χ3v) is 5.61. The maximum absolute atomic E-state index is 13.6. The number of hydrogen-bond donors (Lipinski definition) is 2. The second-order valence-corrected chi connectivity index (χ2v) is 8.06. The third kappa shape index (κ3) is 5.26. The maximum atomic E-state index is 13.6. The predicted molar refractivity (Wildman–Crippen MR) is 131 cm³/mol. The third-order valence-electron chi connectivity index (χ3n) is 5.61. The molecule has 0 saturated carbocycles. The second-order valence-electron chi connectivity index (χ2n) is 8.06. The Bertz CT molecular complexity index is 1390. The summed E-state index contributed by atoms with van der Waals surface area (Å²) < 4.78 is 19.4. The topological polar surface area (TPSA) is 83.9 Å². The average Bonchev–Trinajstić information content (AvgIpc) is 3.34. The maximum Gasteiger partial charge on any atom is 0.322 e. The highest BCUT2D eigenvalue weighted by molar-refractivity contribution is 5.76. The number of benzene rings is 3. The van der Waals surface area contributed by atoms with Crippen molar-refractivity contribution in [2.24, 2.45) is 0 Å². The van der Waals surface area contributed by atoms with Crippen LogP contribution < -0.4 is 4.74 Å². The Morgan fingerprint density at radius 2 is 1.57 bits per heavy atom. The highest BCUT2D eigenvalue weighted by atomic mass is 19.1. The van der Waals surface area contributed by atoms with Gasteiger partial charge in [0.25, 0.3) is 0 Å². The van der Waals surface area contributed by atoms with Gasteiger partial charge in [-0.05, 0) is 54.4 Å². The van der Waals surface area contributed by atoms with Gasteiger partial charge in [0.05, 0.1) is 23.7 Å². The van der Waals surface area contributed by atoms with E-state index in [1.165, 1.54) is 12.1 Å². The summed E-state index contributed by atoms with van der Waals surface area (Å²) in [6.07, 6.45) is 2.22. The summed E-state index contributed by atoms with van der Waals surface area (Å²) in [4.78, 5) is 17.0. The van der Waals surface area contributed by atoms with Gasteiger partial charge in [0.2, 0.25) is 0 Å². The molecule has 0 fully saturated rings. The van der Waals surface area contributed by atoms with Crippen LogP contribution >= 0.6 is 0 Å². The fourth-order valence-electron chi connectivity index (χ4n) is 3.86. The van der Waals surface area contributed by atoms with Gasteiger partial charge in [-0.15, -0.1) is 0 Å². The van der Waals surface area contributed by atoms with E-state index < -0.39 is 0 Å². The molecular weight excluding hydrogens is 443 g/mol. The van der Waals surface area contributed by atoms with E-state index in [0.29, 0.717) is 35.1 Å². The largest absolute Gasteiger partial charge is 0.424 e. The number of nitrogens with zero attached hydrogens (tertiary/aromatic N) is 3. The average molecular weight is 467 g/mol. The van der Waals surface area contributed by atoms with Crippen molar-refractivity contribution < 1.29 is 14.2 Å². The van der Waals surface area contributed by atoms with Crippen LogP contribution in [0.3, 0.4) is 0 Å². The van der Waals surface area contributed by atoms with Crippen LogP contribution in [0.1, 0.15) is 17.3 Å². The smallest absolute Gasteiger partial charge is 0.322 e. The predicted octanol–water partition coefficient (Wildman–Crippen LogP) is 5.78. The van der Waals surface area contributed by atoms with E-state index in [-0.39, 0.29) is 24.4 Å². The van der Waals surface area contributed by atoms with E-state index in [1.54, 1.807) is 24.4 Å². The fraction of sp³-hybridized carbons (Fsp3) is 0.107. The number of ether oxygens (including phenoxy) is 1. The Kier molecular flexibility index (Phi) is 6.59. The van der Waals surface area contributed by atoms with Crippen LogP contribution in [-0.4, -0.2) is 31.6 Å². The van der Waals surface area contributed by atoms with Gasteiger partial charge in [-0.1, -0.05) is 48.5 Å². The van der Waals surface area contributed by atoms with Crippen LogP contribution in [-0.2, 0) is 6.42 Å². The molecule has 0 aliphatic carbocycles. The van der Waals surface area contributed by atoms with Crippen molar-refractivity contribution in [3.63, 3.8) is 0 Å². The monoisotopic (exact) mass is 466 g/mol. The molecule has 0 aliphatic heterocycles. The molecule has 0 bridgehead atoms. The van der Waals surface area contributed by atoms with Crippen molar-refractivity contribution in [1.82, 2.24) is 19.9 Å². The Morgan fingerprint density at radius 1 is 0.857 bits per heavy atom. The quantitative estimate of drug-likeness (QED) is 0.303. The van der Waals surface area contributed by atoms with Crippen molar-refractivity contribution in [2.75, 3.05) is 6.61 Å². The van der Waals surface area contributed by atoms with Gasteiger partial charge >= 0.3 is 6.01 Å². The molecule has 2 N–H and O–H groups in total. The molecule has 3 aromatic carbocycles. The zero-order valence-corrected chi connectivity index (χ0v) is 18.8. The molecule has 35 heavy (non-hydrogen) atoms. The zero-order valence-electron chi connectivity index (χ0n) is 18.8. The van der Waals surface area contributed by atoms with Gasteiger partial charge in [0.15, 0.2) is 0 Å². The Hall–Kier alpha value is -4.36. The van der Waals surface area contributed by atoms with Crippen molar-refractivity contribution in [2.45, 2.75) is 12.3 Å². The number of aliphatic hydroxyl groups is 1. The highest BCUT2D eigenvalue weighted by Gasteiger charge is 2.22. The van der Waals surface area contributed by atoms with Crippen molar-refractivity contribution in [3.8, 4) is 34.4 Å². The molecule has 0 amide bonds. The minimum atomic E-state index is -0.330. The minimum absolute atomic E-state index is 0.0865. The summed E-state index contributed by atoms with van der Waals surface area (Å²) in [5.74, 6) is 0.655. The molecule has 2 aromatic heterocycles. The van der Waals surface area contributed by atoms with Gasteiger partial charge < -0.3 is 14.8 Å². The molecule has 5 aromatic rings. The van der Waals surface area contributed by atoms with Crippen LogP contribution in [0, 0.1) is 5.82 Å². The van der Waals surface area contributed by atoms with E-state index in [4.69, 9.17) is 9.72 Å². The van der Waals surface area contributed by atoms with Crippen LogP contribution in [0.25, 0.3) is 22.6 Å². The van der Waals surface area contributed by atoms with Crippen LogP contribution in [0.5, 0.6) is 11.8 Å². The van der Waals surface area contributed by atoms with Gasteiger partial charge in [0, 0.05) is 17.7 Å². The number of hydrogen-bond acceptors (Lipinski definition) is 5. The van der Waals surface area contributed by atoms with Gasteiger partial charge in [0.1, 0.15) is 17.4 Å². The Labute approximate surface area is 202 Å². The van der Waals surface area contributed by atoms with Crippen molar-refractivity contribution in [1.29, 1.82) is 0 Å². The number of halogens is 1. The van der Waals surface area contributed by atoms with E-state index in [9.17, 15) is 9.50 Å². The number of para-hydroxylation sites is 1. The Morgan fingerprint density at radius 3 is 2.29 bits per heavy atom. The molecule has 174 valence electrons. The summed E-state index contributed by atoms with van der Waals surface area (Å²) in [5.41, 5.74) is 3.63. The molecule has 0 spiro atoms. The number of aromatic nitrogens is 4. The molecule has 0 saturated heterocycles. The summed E-state index contributed by atoms with van der Waals surface area (Å²) in [6, 6.07) is 27.3. The van der Waals surface area contributed by atoms with Crippen molar-refractivity contribution in [3.05, 3.63) is 114 Å². The minimum Gasteiger partial charge on any atom is -0.424 e. The Balaban J connectivity index is 1.54. The van der Waals surface area contributed by atoms with Gasteiger partial charge in [-0.3, -0.25) is 0 Å². The number of aliphatic hydroxyl groups excluding tert-OH is 1. The molecule has 2 heterocycles. The molecule has 0 unspecified atom stereocenters. The van der Waals surface area contributed by atoms with E-state index in [0.717, 1.165) is 11.1 Å². The lowest BCUT2D eigenvalue weighted by atomic mass is 9.99. The van der Waals surface area contributed by atoms with E-state index in [2.05, 4.69) is 15.0 Å². The van der Waals surface area contributed by atoms with E-state index >= 15 is 0 Å². The van der Waals surface area contributed by atoms with Crippen molar-refractivity contribution >= 4 is 0 Å². The lowest BCUT2D eigenvalue weighted by molar-refractivity contribution is 0.260. The SMILES string of the molecule is OC[C@@H](Cc1ccccc1)c1nc(-c2ccc(F)cc2)c(-c2ccnc(Oc3ccccc3)n2)[nH]1. The van der Waals surface area contributed by atoms with Crippen LogP contribution in [0.4, 0.5) is 4.39 Å². The van der Waals surface area contributed by atoms with E-state index in [1.807, 2.05) is 60.7 Å². The summed E-state index contributed by atoms with van der Waals surface area (Å²) in [7, 11) is 0. The zero-order chi connectivity index (χ0) is 24.0. The molecule has 0 aliphatic rings. The normalized spacial score (nSPS) is 11.8. The molecule has 7 heteroatoms. The first-order valence-electron chi connectivity index (χ1n) is 11.3. The molecule has 5 rings (SSSR count). The first kappa shape index (κ1) is 22.4. The second kappa shape index (κ2) is 10.3. The number of aromatic amines is 1. The first-order valence-corrected chi connectivity index (χ1v) is 11.3. The standard InChI is InChI=1S/C28H23FN4O2/c29-22-13-11-20(12-14-22)25-26(24-15-16-30-28(31-24)35-23-9-5-2-6-10-23)33-27(32-25)21(18-34)17-19-7-3-1-4-8-19/h1-16,21,34H,17-18H2,(H,32,33)/t21-/m1/s1. The number of H-pyrrole nitrogens is 1. The molecule has 6 nitrogen and oxygen atoms in total. The fourth-order valence-corrected chi connectivity index (χ4v) is 3.86. The number of imidazole rings is 1. The summed E-state index contributed by atoms with van der Waals surface area (Å²) >= 11 is 0. The lowest BCUT2D eigenvalue weighted by Gasteiger charge is -2.11. The highest BCUT2D eigenvalue weighted by Crippen LogP contribution is 2.33. The number of nitrogens with one attached hydrogen (secondary N) is 1. The lowest BCUT2D eigenvalue weighted by Crippen LogP contribution is -2.09. The summed E-state index contributed by atoms with van der Waals surface area (Å²) in [6.45, 7) is -0.0865. The van der Waals surface area contributed by atoms with Gasteiger partial charge in [-0.25, -0.2) is 14.4 Å².